The SMILES string of the molecule is Fc1cc(-c2cncc(CNCC3CCCC3)c2)cc2c(-c3nc4c(-c5ccsc5)nccc4[nH]3)[nH]nc12. The molecule has 190 valence electrons. The van der Waals surface area contributed by atoms with Gasteiger partial charge in [0.15, 0.2) is 11.6 Å². The smallest absolute Gasteiger partial charge is 0.157 e. The summed E-state index contributed by atoms with van der Waals surface area (Å²) in [6, 6.07) is 9.48. The van der Waals surface area contributed by atoms with Gasteiger partial charge in [-0.25, -0.2) is 9.37 Å². The number of hydrogen-bond acceptors (Lipinski definition) is 6. The molecule has 0 bridgehead atoms. The molecule has 1 aromatic carbocycles. The van der Waals surface area contributed by atoms with Crippen molar-refractivity contribution in [3.05, 3.63) is 71.1 Å². The van der Waals surface area contributed by atoms with Crippen molar-refractivity contribution in [1.82, 2.24) is 35.5 Å². The number of aromatic nitrogens is 6. The van der Waals surface area contributed by atoms with E-state index in [4.69, 9.17) is 4.98 Å². The Kier molecular flexibility index (Phi) is 5.94. The maximum absolute atomic E-state index is 15.2. The first kappa shape index (κ1) is 23.2. The predicted octanol–water partition coefficient (Wildman–Crippen LogP) is 6.71. The van der Waals surface area contributed by atoms with E-state index >= 15 is 4.39 Å². The van der Waals surface area contributed by atoms with Gasteiger partial charge in [0, 0.05) is 47.0 Å². The number of H-pyrrole nitrogens is 2. The average Bonchev–Trinajstić information content (AvgIpc) is 3.75. The van der Waals surface area contributed by atoms with E-state index in [1.54, 1.807) is 23.7 Å². The number of thiophene rings is 1. The van der Waals surface area contributed by atoms with E-state index in [-0.39, 0.29) is 11.3 Å². The van der Waals surface area contributed by atoms with Gasteiger partial charge in [-0.3, -0.25) is 15.1 Å². The number of fused-ring (bicyclic) bond motifs is 2. The molecule has 0 saturated heterocycles. The lowest BCUT2D eigenvalue weighted by Gasteiger charge is -2.11. The first-order chi connectivity index (χ1) is 18.7. The molecule has 1 aliphatic carbocycles. The summed E-state index contributed by atoms with van der Waals surface area (Å²) < 4.78 is 15.2. The van der Waals surface area contributed by atoms with Gasteiger partial charge in [-0.2, -0.15) is 16.4 Å². The topological polar surface area (TPSA) is 95.2 Å². The second-order valence-corrected chi connectivity index (χ2v) is 10.7. The summed E-state index contributed by atoms with van der Waals surface area (Å²) in [5.41, 5.74) is 7.07. The van der Waals surface area contributed by atoms with E-state index in [9.17, 15) is 0 Å². The maximum Gasteiger partial charge on any atom is 0.157 e. The standard InChI is InChI=1S/C29H26FN7S/c30-23-11-20(21-9-18(14-32-15-21)13-31-12-17-3-1-2-4-17)10-22-26(23)36-37-27(22)29-34-24-5-7-33-25(28(24)35-29)19-6-8-38-16-19/h5-11,14-17,31H,1-4,12-13H2,(H,34,35)(H,36,37). The van der Waals surface area contributed by atoms with E-state index < -0.39 is 0 Å². The first-order valence-corrected chi connectivity index (χ1v) is 13.9. The summed E-state index contributed by atoms with van der Waals surface area (Å²) in [5, 5.41) is 15.6. The van der Waals surface area contributed by atoms with Gasteiger partial charge in [0.1, 0.15) is 16.7 Å². The van der Waals surface area contributed by atoms with Crippen LogP contribution in [-0.2, 0) is 6.54 Å². The fraction of sp³-hybridized carbons (Fsp3) is 0.241. The second kappa shape index (κ2) is 9.74. The summed E-state index contributed by atoms with van der Waals surface area (Å²) >= 11 is 1.62. The third-order valence-corrected chi connectivity index (χ3v) is 8.09. The van der Waals surface area contributed by atoms with Crippen molar-refractivity contribution < 1.29 is 4.39 Å². The summed E-state index contributed by atoms with van der Waals surface area (Å²) in [5.74, 6) is 0.977. The Balaban J connectivity index is 1.23. The molecule has 38 heavy (non-hydrogen) atoms. The lowest BCUT2D eigenvalue weighted by molar-refractivity contribution is 0.489. The highest BCUT2D eigenvalue weighted by molar-refractivity contribution is 7.08. The number of nitrogens with zero attached hydrogens (tertiary/aromatic N) is 4. The van der Waals surface area contributed by atoms with Gasteiger partial charge in [0.25, 0.3) is 0 Å². The molecule has 5 heterocycles. The summed E-state index contributed by atoms with van der Waals surface area (Å²) in [6.07, 6.45) is 10.7. The zero-order chi connectivity index (χ0) is 25.5. The molecule has 9 heteroatoms. The van der Waals surface area contributed by atoms with Crippen LogP contribution in [0.2, 0.25) is 0 Å². The minimum Gasteiger partial charge on any atom is -0.337 e. The van der Waals surface area contributed by atoms with Crippen LogP contribution >= 0.6 is 11.3 Å². The molecule has 0 radical (unpaired) electrons. The number of rotatable bonds is 7. The monoisotopic (exact) mass is 523 g/mol. The number of hydrogen-bond donors (Lipinski definition) is 3. The van der Waals surface area contributed by atoms with Crippen LogP contribution in [0.15, 0.2) is 59.7 Å². The minimum atomic E-state index is -0.387. The molecule has 6 aromatic rings. The largest absolute Gasteiger partial charge is 0.337 e. The van der Waals surface area contributed by atoms with Crippen molar-refractivity contribution >= 4 is 33.3 Å². The van der Waals surface area contributed by atoms with Crippen molar-refractivity contribution in [2.45, 2.75) is 32.2 Å². The van der Waals surface area contributed by atoms with Crippen LogP contribution in [0.25, 0.3) is 55.8 Å². The normalized spacial score (nSPS) is 14.2. The molecule has 3 N–H and O–H groups in total. The average molecular weight is 524 g/mol. The molecule has 0 unspecified atom stereocenters. The van der Waals surface area contributed by atoms with E-state index in [0.29, 0.717) is 16.9 Å². The Morgan fingerprint density at radius 3 is 2.82 bits per heavy atom. The third-order valence-electron chi connectivity index (χ3n) is 7.41. The molecule has 0 atom stereocenters. The van der Waals surface area contributed by atoms with Crippen LogP contribution in [0.4, 0.5) is 4.39 Å². The van der Waals surface area contributed by atoms with Crippen LogP contribution in [0.1, 0.15) is 31.2 Å². The molecular weight excluding hydrogens is 497 g/mol. The Bertz CT molecular complexity index is 1730. The summed E-state index contributed by atoms with van der Waals surface area (Å²) in [7, 11) is 0. The van der Waals surface area contributed by atoms with Gasteiger partial charge in [0.2, 0.25) is 0 Å². The number of imidazole rings is 1. The lowest BCUT2D eigenvalue weighted by atomic mass is 10.0. The molecule has 0 amide bonds. The minimum absolute atomic E-state index is 0.280. The predicted molar refractivity (Wildman–Crippen MR) is 149 cm³/mol. The Labute approximate surface area is 222 Å². The lowest BCUT2D eigenvalue weighted by Crippen LogP contribution is -2.20. The fourth-order valence-corrected chi connectivity index (χ4v) is 6.10. The van der Waals surface area contributed by atoms with Gasteiger partial charge >= 0.3 is 0 Å². The fourth-order valence-electron chi connectivity index (χ4n) is 5.46. The van der Waals surface area contributed by atoms with Crippen LogP contribution in [0, 0.1) is 11.7 Å². The van der Waals surface area contributed by atoms with Crippen LogP contribution in [0.5, 0.6) is 0 Å². The van der Waals surface area contributed by atoms with Crippen molar-refractivity contribution in [2.24, 2.45) is 5.92 Å². The molecule has 1 saturated carbocycles. The molecule has 1 aliphatic rings. The molecule has 0 spiro atoms. The highest BCUT2D eigenvalue weighted by atomic mass is 32.1. The Morgan fingerprint density at radius 1 is 1.03 bits per heavy atom. The van der Waals surface area contributed by atoms with Crippen molar-refractivity contribution in [3.8, 4) is 33.9 Å². The van der Waals surface area contributed by atoms with E-state index in [1.807, 2.05) is 29.8 Å². The molecule has 0 aliphatic heterocycles. The van der Waals surface area contributed by atoms with E-state index in [2.05, 4.69) is 41.9 Å². The Hall–Kier alpha value is -3.95. The molecule has 5 aromatic heterocycles. The zero-order valence-corrected chi connectivity index (χ0v) is 21.5. The molecule has 1 fully saturated rings. The van der Waals surface area contributed by atoms with Crippen molar-refractivity contribution in [1.29, 1.82) is 0 Å². The molecule has 7 nitrogen and oxygen atoms in total. The maximum atomic E-state index is 15.2. The van der Waals surface area contributed by atoms with Crippen LogP contribution in [-0.4, -0.2) is 36.7 Å². The number of aromatic amines is 2. The van der Waals surface area contributed by atoms with Crippen molar-refractivity contribution in [3.63, 3.8) is 0 Å². The second-order valence-electron chi connectivity index (χ2n) is 9.97. The summed E-state index contributed by atoms with van der Waals surface area (Å²) in [6.45, 7) is 1.78. The van der Waals surface area contributed by atoms with Gasteiger partial charge in [-0.1, -0.05) is 12.8 Å². The zero-order valence-electron chi connectivity index (χ0n) is 20.7. The quantitative estimate of drug-likeness (QED) is 0.216. The number of pyridine rings is 2. The highest BCUT2D eigenvalue weighted by Gasteiger charge is 2.19. The van der Waals surface area contributed by atoms with Crippen LogP contribution in [0.3, 0.4) is 0 Å². The van der Waals surface area contributed by atoms with Gasteiger partial charge in [-0.05, 0) is 72.1 Å². The third kappa shape index (κ3) is 4.27. The molecular formula is C29H26FN7S. The molecule has 7 rings (SSSR count). The first-order valence-electron chi connectivity index (χ1n) is 12.9. The Morgan fingerprint density at radius 2 is 1.95 bits per heavy atom. The number of halogens is 1. The highest BCUT2D eigenvalue weighted by Crippen LogP contribution is 2.34. The van der Waals surface area contributed by atoms with Crippen LogP contribution < -0.4 is 5.32 Å². The van der Waals surface area contributed by atoms with Crippen molar-refractivity contribution in [2.75, 3.05) is 6.54 Å². The summed E-state index contributed by atoms with van der Waals surface area (Å²) in [4.78, 5) is 17.2. The van der Waals surface area contributed by atoms with Gasteiger partial charge in [-0.15, -0.1) is 0 Å². The van der Waals surface area contributed by atoms with E-state index in [0.717, 1.165) is 58.0 Å². The number of benzene rings is 1. The number of nitrogens with one attached hydrogen (secondary N) is 3. The van der Waals surface area contributed by atoms with Gasteiger partial charge in [0.05, 0.1) is 11.2 Å². The van der Waals surface area contributed by atoms with E-state index in [1.165, 1.54) is 31.7 Å². The van der Waals surface area contributed by atoms with Gasteiger partial charge < -0.3 is 10.3 Å².